The largest absolute Gasteiger partial charge is 0.393 e. The van der Waals surface area contributed by atoms with Crippen LogP contribution >= 0.6 is 0 Å². The van der Waals surface area contributed by atoms with Crippen molar-refractivity contribution in [1.82, 2.24) is 5.32 Å². The van der Waals surface area contributed by atoms with Gasteiger partial charge >= 0.3 is 6.18 Å². The summed E-state index contributed by atoms with van der Waals surface area (Å²) < 4.78 is 38.1. The second-order valence-corrected chi connectivity index (χ2v) is 3.92. The second-order valence-electron chi connectivity index (χ2n) is 3.92. The minimum atomic E-state index is -4.34. The number of carbonyl (C=O) groups excluding carboxylic acids is 1. The molecule has 1 N–H and O–H groups in total. The summed E-state index contributed by atoms with van der Waals surface area (Å²) in [5.41, 5.74) is 0.451. The zero-order valence-corrected chi connectivity index (χ0v) is 9.58. The van der Waals surface area contributed by atoms with Crippen LogP contribution in [-0.2, 0) is 4.79 Å². The van der Waals surface area contributed by atoms with Crippen molar-refractivity contribution in [2.24, 2.45) is 5.92 Å². The van der Waals surface area contributed by atoms with Gasteiger partial charge < -0.3 is 5.32 Å². The summed E-state index contributed by atoms with van der Waals surface area (Å²) in [5.74, 6) is -2.11. The quantitative estimate of drug-likeness (QED) is 0.871. The summed E-state index contributed by atoms with van der Waals surface area (Å²) in [6.45, 7) is 2.27. The van der Waals surface area contributed by atoms with Gasteiger partial charge in [-0.1, -0.05) is 37.3 Å². The molecule has 0 aliphatic heterocycles. The zero-order valence-electron chi connectivity index (χ0n) is 9.58. The van der Waals surface area contributed by atoms with Crippen molar-refractivity contribution in [3.05, 3.63) is 35.9 Å². The number of benzene rings is 1. The third kappa shape index (κ3) is 3.76. The number of rotatable bonds is 3. The third-order valence-electron chi connectivity index (χ3n) is 2.53. The Morgan fingerprint density at radius 3 is 2.18 bits per heavy atom. The average Bonchev–Trinajstić information content (AvgIpc) is 2.24. The molecule has 0 aliphatic carbocycles. The van der Waals surface area contributed by atoms with Gasteiger partial charge in [-0.2, -0.15) is 13.2 Å². The Bertz CT molecular complexity index is 375. The van der Waals surface area contributed by atoms with Crippen LogP contribution in [0.2, 0.25) is 0 Å². The van der Waals surface area contributed by atoms with E-state index in [0.29, 0.717) is 5.56 Å². The van der Waals surface area contributed by atoms with E-state index in [1.165, 1.54) is 6.92 Å². The molecule has 0 saturated carbocycles. The number of alkyl halides is 3. The summed E-state index contributed by atoms with van der Waals surface area (Å²) in [5, 5.41) is 2.34. The Kier molecular flexibility index (Phi) is 4.15. The van der Waals surface area contributed by atoms with Crippen molar-refractivity contribution in [1.29, 1.82) is 0 Å². The Morgan fingerprint density at radius 1 is 1.24 bits per heavy atom. The van der Waals surface area contributed by atoms with Gasteiger partial charge in [0.1, 0.15) is 0 Å². The van der Waals surface area contributed by atoms with Crippen LogP contribution < -0.4 is 5.32 Å². The molecule has 0 saturated heterocycles. The first-order valence-corrected chi connectivity index (χ1v) is 5.21. The van der Waals surface area contributed by atoms with Gasteiger partial charge in [-0.3, -0.25) is 4.79 Å². The van der Waals surface area contributed by atoms with Crippen LogP contribution in [0.1, 0.15) is 25.5 Å². The maximum atomic E-state index is 12.7. The second kappa shape index (κ2) is 5.21. The lowest BCUT2D eigenvalue weighted by Gasteiger charge is -2.26. The smallest absolute Gasteiger partial charge is 0.349 e. The number of amides is 1. The summed E-state index contributed by atoms with van der Waals surface area (Å²) >= 11 is 0. The van der Waals surface area contributed by atoms with Gasteiger partial charge in [0.25, 0.3) is 0 Å². The van der Waals surface area contributed by atoms with Crippen molar-refractivity contribution in [3.8, 4) is 0 Å². The van der Waals surface area contributed by atoms with Gasteiger partial charge in [-0.15, -0.1) is 0 Å². The van der Waals surface area contributed by atoms with Crippen molar-refractivity contribution in [2.45, 2.75) is 26.1 Å². The third-order valence-corrected chi connectivity index (χ3v) is 2.53. The standard InChI is InChI=1S/C12H14F3NO/c1-8(12(13,14)15)11(16-9(2)17)10-6-4-3-5-7-10/h3-8,11H,1-2H3,(H,16,17). The molecule has 1 amide bonds. The van der Waals surface area contributed by atoms with Gasteiger partial charge in [-0.25, -0.2) is 0 Å². The molecule has 0 heterocycles. The first-order chi connectivity index (χ1) is 7.82. The maximum Gasteiger partial charge on any atom is 0.393 e. The van der Waals surface area contributed by atoms with Gasteiger partial charge in [0.15, 0.2) is 0 Å². The minimum absolute atomic E-state index is 0.451. The highest BCUT2D eigenvalue weighted by atomic mass is 19.4. The topological polar surface area (TPSA) is 29.1 Å². The van der Waals surface area contributed by atoms with E-state index in [4.69, 9.17) is 0 Å². The predicted octanol–water partition coefficient (Wildman–Crippen LogP) is 3.06. The summed E-state index contributed by atoms with van der Waals surface area (Å²) in [6.07, 6.45) is -4.34. The zero-order chi connectivity index (χ0) is 13.1. The molecule has 0 aromatic heterocycles. The molecule has 1 aromatic carbocycles. The van der Waals surface area contributed by atoms with Crippen molar-refractivity contribution in [2.75, 3.05) is 0 Å². The first-order valence-electron chi connectivity index (χ1n) is 5.21. The van der Waals surface area contributed by atoms with Crippen LogP contribution in [-0.4, -0.2) is 12.1 Å². The molecule has 17 heavy (non-hydrogen) atoms. The van der Waals surface area contributed by atoms with E-state index in [1.807, 2.05) is 0 Å². The highest BCUT2D eigenvalue weighted by Crippen LogP contribution is 2.35. The van der Waals surface area contributed by atoms with Crippen LogP contribution in [0.15, 0.2) is 30.3 Å². The normalized spacial score (nSPS) is 15.1. The molecule has 5 heteroatoms. The van der Waals surface area contributed by atoms with Crippen molar-refractivity contribution >= 4 is 5.91 Å². The van der Waals surface area contributed by atoms with Gasteiger partial charge in [0.05, 0.1) is 12.0 Å². The van der Waals surface area contributed by atoms with Gasteiger partial charge in [0, 0.05) is 6.92 Å². The lowest BCUT2D eigenvalue weighted by atomic mass is 9.94. The average molecular weight is 245 g/mol. The number of nitrogens with one attached hydrogen (secondary N) is 1. The fraction of sp³-hybridized carbons (Fsp3) is 0.417. The molecule has 2 atom stereocenters. The Hall–Kier alpha value is -1.52. The number of hydrogen-bond donors (Lipinski definition) is 1. The minimum Gasteiger partial charge on any atom is -0.349 e. The van der Waals surface area contributed by atoms with E-state index in [-0.39, 0.29) is 0 Å². The van der Waals surface area contributed by atoms with E-state index < -0.39 is 24.0 Å². The monoisotopic (exact) mass is 245 g/mol. The fourth-order valence-electron chi connectivity index (χ4n) is 1.57. The molecule has 0 bridgehead atoms. The molecule has 1 aromatic rings. The van der Waals surface area contributed by atoms with Crippen LogP contribution in [0.25, 0.3) is 0 Å². The molecule has 0 aliphatic rings. The van der Waals surface area contributed by atoms with E-state index in [9.17, 15) is 18.0 Å². The molecule has 1 rings (SSSR count). The fourth-order valence-corrected chi connectivity index (χ4v) is 1.57. The summed E-state index contributed by atoms with van der Waals surface area (Å²) in [4.78, 5) is 11.0. The van der Waals surface area contributed by atoms with Gasteiger partial charge in [0.2, 0.25) is 5.91 Å². The molecule has 0 radical (unpaired) electrons. The van der Waals surface area contributed by atoms with Crippen LogP contribution in [0.4, 0.5) is 13.2 Å². The molecule has 2 nitrogen and oxygen atoms in total. The first kappa shape index (κ1) is 13.5. The van der Waals surface area contributed by atoms with Crippen molar-refractivity contribution < 1.29 is 18.0 Å². The summed E-state index contributed by atoms with van der Waals surface area (Å²) in [7, 11) is 0. The molecule has 2 unspecified atom stereocenters. The molecular weight excluding hydrogens is 231 g/mol. The van der Waals surface area contributed by atoms with E-state index in [1.54, 1.807) is 30.3 Å². The summed E-state index contributed by atoms with van der Waals surface area (Å²) in [6, 6.07) is 7.10. The van der Waals surface area contributed by atoms with Crippen LogP contribution in [0.5, 0.6) is 0 Å². The van der Waals surface area contributed by atoms with E-state index >= 15 is 0 Å². The number of carbonyl (C=O) groups is 1. The van der Waals surface area contributed by atoms with Crippen molar-refractivity contribution in [3.63, 3.8) is 0 Å². The highest BCUT2D eigenvalue weighted by molar-refractivity contribution is 5.73. The maximum absolute atomic E-state index is 12.7. The SMILES string of the molecule is CC(=O)NC(c1ccccc1)C(C)C(F)(F)F. The van der Waals surface area contributed by atoms with E-state index in [2.05, 4.69) is 5.32 Å². The highest BCUT2D eigenvalue weighted by Gasteiger charge is 2.42. The number of hydrogen-bond acceptors (Lipinski definition) is 1. The van der Waals surface area contributed by atoms with Crippen LogP contribution in [0, 0.1) is 5.92 Å². The van der Waals surface area contributed by atoms with Crippen LogP contribution in [0.3, 0.4) is 0 Å². The number of halogens is 3. The molecule has 0 fully saturated rings. The van der Waals surface area contributed by atoms with E-state index in [0.717, 1.165) is 6.92 Å². The van der Waals surface area contributed by atoms with Gasteiger partial charge in [-0.05, 0) is 5.56 Å². The molecule has 0 spiro atoms. The Balaban J connectivity index is 3.00. The Labute approximate surface area is 97.8 Å². The molecule has 94 valence electrons. The molecular formula is C12H14F3NO. The predicted molar refractivity (Wildman–Crippen MR) is 58.2 cm³/mol. The lowest BCUT2D eigenvalue weighted by Crippen LogP contribution is -2.37. The lowest BCUT2D eigenvalue weighted by molar-refractivity contribution is -0.178. The Morgan fingerprint density at radius 2 is 1.76 bits per heavy atom.